The third kappa shape index (κ3) is 4.30. The van der Waals surface area contributed by atoms with Crippen LogP contribution in [0, 0.1) is 6.92 Å². The van der Waals surface area contributed by atoms with Crippen LogP contribution in [0.4, 0.5) is 5.82 Å². The quantitative estimate of drug-likeness (QED) is 0.573. The fourth-order valence-corrected chi connectivity index (χ4v) is 3.33. The first-order valence-electron chi connectivity index (χ1n) is 6.96. The zero-order chi connectivity index (χ0) is 14.5. The zero-order valence-corrected chi connectivity index (χ0v) is 14.7. The van der Waals surface area contributed by atoms with E-state index in [9.17, 15) is 0 Å². The first-order chi connectivity index (χ1) is 9.58. The van der Waals surface area contributed by atoms with Crippen molar-refractivity contribution >= 4 is 50.7 Å². The summed E-state index contributed by atoms with van der Waals surface area (Å²) in [5.41, 5.74) is 0.960. The molecule has 3 nitrogen and oxygen atoms in total. The average Bonchev–Trinajstić information content (AvgIpc) is 2.68. The number of rotatable bonds is 2. The van der Waals surface area contributed by atoms with Crippen molar-refractivity contribution in [3.05, 3.63) is 21.3 Å². The van der Waals surface area contributed by atoms with Crippen molar-refractivity contribution in [2.45, 2.75) is 51.5 Å². The van der Waals surface area contributed by atoms with E-state index in [-0.39, 0.29) is 0 Å². The fraction of sp³-hybridized carbons (Fsp3) is 0.571. The Morgan fingerprint density at radius 3 is 2.65 bits per heavy atom. The number of nitrogens with zero attached hydrogens (tertiary/aromatic N) is 1. The number of thiocarbonyl (C=S) groups is 1. The lowest BCUT2D eigenvalue weighted by atomic mass is 10.1. The first kappa shape index (κ1) is 16.0. The summed E-state index contributed by atoms with van der Waals surface area (Å²) < 4.78 is 0.856. The predicted octanol–water partition coefficient (Wildman–Crippen LogP) is 4.82. The summed E-state index contributed by atoms with van der Waals surface area (Å²) in [4.78, 5) is 4.27. The van der Waals surface area contributed by atoms with Gasteiger partial charge in [-0.2, -0.15) is 0 Å². The van der Waals surface area contributed by atoms with E-state index in [0.29, 0.717) is 22.0 Å². The Morgan fingerprint density at radius 2 is 2.00 bits per heavy atom. The van der Waals surface area contributed by atoms with Gasteiger partial charge in [-0.15, -0.1) is 0 Å². The summed E-state index contributed by atoms with van der Waals surface area (Å²) in [6, 6.07) is 0.477. The maximum Gasteiger partial charge on any atom is 0.172 e. The summed E-state index contributed by atoms with van der Waals surface area (Å²) in [7, 11) is 0. The van der Waals surface area contributed by atoms with Crippen LogP contribution in [0.15, 0.2) is 10.7 Å². The van der Waals surface area contributed by atoms with Gasteiger partial charge in [-0.05, 0) is 53.5 Å². The number of hydrogen-bond acceptors (Lipinski definition) is 2. The monoisotopic (exact) mass is 375 g/mol. The smallest absolute Gasteiger partial charge is 0.172 e. The predicted molar refractivity (Wildman–Crippen MR) is 92.5 cm³/mol. The molecule has 0 bridgehead atoms. The highest BCUT2D eigenvalue weighted by molar-refractivity contribution is 9.10. The van der Waals surface area contributed by atoms with Crippen LogP contribution in [0.2, 0.25) is 5.02 Å². The maximum absolute atomic E-state index is 6.03. The van der Waals surface area contributed by atoms with Crippen LogP contribution in [0.3, 0.4) is 0 Å². The standard InChI is InChI=1S/C14H19BrClN3S/c1-9-11(16)8-17-13(12(9)15)19-14(20)18-10-6-4-2-3-5-7-10/h8,10H,2-7H2,1H3,(H2,17,18,19,20). The van der Waals surface area contributed by atoms with E-state index < -0.39 is 0 Å². The summed E-state index contributed by atoms with van der Waals surface area (Å²) in [6.07, 6.45) is 9.25. The minimum absolute atomic E-state index is 0.477. The highest BCUT2D eigenvalue weighted by atomic mass is 79.9. The lowest BCUT2D eigenvalue weighted by molar-refractivity contribution is 0.535. The second-order valence-corrected chi connectivity index (χ2v) is 6.79. The van der Waals surface area contributed by atoms with Crippen LogP contribution in [0.25, 0.3) is 0 Å². The summed E-state index contributed by atoms with van der Waals surface area (Å²) in [6.45, 7) is 1.95. The molecule has 1 heterocycles. The van der Waals surface area contributed by atoms with E-state index in [1.807, 2.05) is 6.92 Å². The van der Waals surface area contributed by atoms with Gasteiger partial charge in [-0.1, -0.05) is 37.3 Å². The lowest BCUT2D eigenvalue weighted by Gasteiger charge is -2.19. The molecule has 0 spiro atoms. The molecule has 0 atom stereocenters. The van der Waals surface area contributed by atoms with Crippen LogP contribution in [0.5, 0.6) is 0 Å². The van der Waals surface area contributed by atoms with Gasteiger partial charge in [0.2, 0.25) is 0 Å². The van der Waals surface area contributed by atoms with Crippen LogP contribution in [-0.2, 0) is 0 Å². The molecule has 2 rings (SSSR count). The van der Waals surface area contributed by atoms with Crippen molar-refractivity contribution in [2.24, 2.45) is 0 Å². The van der Waals surface area contributed by atoms with Gasteiger partial charge in [0.25, 0.3) is 0 Å². The van der Waals surface area contributed by atoms with Crippen LogP contribution in [-0.4, -0.2) is 16.1 Å². The first-order valence-corrected chi connectivity index (χ1v) is 8.54. The molecule has 1 aliphatic rings. The normalized spacial score (nSPS) is 16.6. The van der Waals surface area contributed by atoms with Crippen molar-refractivity contribution in [2.75, 3.05) is 5.32 Å². The molecule has 20 heavy (non-hydrogen) atoms. The lowest BCUT2D eigenvalue weighted by Crippen LogP contribution is -2.37. The summed E-state index contributed by atoms with van der Waals surface area (Å²) in [5, 5.41) is 7.82. The van der Waals surface area contributed by atoms with Gasteiger partial charge in [-0.25, -0.2) is 4.98 Å². The largest absolute Gasteiger partial charge is 0.360 e. The summed E-state index contributed by atoms with van der Waals surface area (Å²) >= 11 is 14.9. The number of anilines is 1. The SMILES string of the molecule is Cc1c(Cl)cnc(NC(=S)NC2CCCCCC2)c1Br. The molecule has 1 aromatic rings. The maximum atomic E-state index is 6.03. The highest BCUT2D eigenvalue weighted by Gasteiger charge is 2.14. The molecule has 0 amide bonds. The number of nitrogens with one attached hydrogen (secondary N) is 2. The van der Waals surface area contributed by atoms with Gasteiger partial charge in [0, 0.05) is 12.2 Å². The van der Waals surface area contributed by atoms with Crippen molar-refractivity contribution in [1.82, 2.24) is 10.3 Å². The Kier molecular flexibility index (Phi) is 6.05. The molecule has 0 aromatic carbocycles. The third-order valence-electron chi connectivity index (χ3n) is 3.62. The molecule has 6 heteroatoms. The molecule has 0 aliphatic heterocycles. The van der Waals surface area contributed by atoms with Gasteiger partial charge in [0.05, 0.1) is 9.50 Å². The van der Waals surface area contributed by atoms with Gasteiger partial charge < -0.3 is 10.6 Å². The van der Waals surface area contributed by atoms with Crippen LogP contribution < -0.4 is 10.6 Å². The Hall–Kier alpha value is -0.390. The van der Waals surface area contributed by atoms with E-state index >= 15 is 0 Å². The third-order valence-corrected chi connectivity index (χ3v) is 5.20. The van der Waals surface area contributed by atoms with Crippen LogP contribution >= 0.6 is 39.7 Å². The number of halogens is 2. The zero-order valence-electron chi connectivity index (χ0n) is 11.5. The number of aromatic nitrogens is 1. The molecule has 1 saturated carbocycles. The Labute approximate surface area is 139 Å². The molecule has 0 unspecified atom stereocenters. The molecule has 0 saturated heterocycles. The van der Waals surface area contributed by atoms with Crippen molar-refractivity contribution in [3.63, 3.8) is 0 Å². The van der Waals surface area contributed by atoms with Crippen molar-refractivity contribution in [1.29, 1.82) is 0 Å². The van der Waals surface area contributed by atoms with Gasteiger partial charge in [0.15, 0.2) is 5.11 Å². The Bertz CT molecular complexity index is 488. The Balaban J connectivity index is 1.95. The van der Waals surface area contributed by atoms with Crippen LogP contribution in [0.1, 0.15) is 44.1 Å². The fourth-order valence-electron chi connectivity index (χ4n) is 2.40. The van der Waals surface area contributed by atoms with Gasteiger partial charge >= 0.3 is 0 Å². The molecule has 1 fully saturated rings. The molecular formula is C14H19BrClN3S. The minimum atomic E-state index is 0.477. The second-order valence-electron chi connectivity index (χ2n) is 5.18. The highest BCUT2D eigenvalue weighted by Crippen LogP contribution is 2.29. The minimum Gasteiger partial charge on any atom is -0.360 e. The van der Waals surface area contributed by atoms with E-state index in [0.717, 1.165) is 10.0 Å². The van der Waals surface area contributed by atoms with Gasteiger partial charge in [-0.3, -0.25) is 0 Å². The van der Waals surface area contributed by atoms with E-state index in [1.165, 1.54) is 38.5 Å². The Morgan fingerprint density at radius 1 is 1.35 bits per heavy atom. The average molecular weight is 377 g/mol. The number of hydrogen-bond donors (Lipinski definition) is 2. The second kappa shape index (κ2) is 7.57. The van der Waals surface area contributed by atoms with E-state index in [1.54, 1.807) is 6.20 Å². The summed E-state index contributed by atoms with van der Waals surface area (Å²) in [5.74, 6) is 0.707. The molecule has 0 radical (unpaired) electrons. The van der Waals surface area contributed by atoms with Crippen molar-refractivity contribution < 1.29 is 0 Å². The molecule has 1 aromatic heterocycles. The van der Waals surface area contributed by atoms with Crippen molar-refractivity contribution in [3.8, 4) is 0 Å². The molecule has 1 aliphatic carbocycles. The molecule has 2 N–H and O–H groups in total. The van der Waals surface area contributed by atoms with E-state index in [2.05, 4.69) is 31.5 Å². The van der Waals surface area contributed by atoms with E-state index in [4.69, 9.17) is 23.8 Å². The van der Waals surface area contributed by atoms with Gasteiger partial charge in [0.1, 0.15) is 5.82 Å². The topological polar surface area (TPSA) is 37.0 Å². The number of pyridine rings is 1. The molecular weight excluding hydrogens is 358 g/mol. The molecule has 110 valence electrons.